The number of ether oxygens (including phenoxy) is 1. The lowest BCUT2D eigenvalue weighted by molar-refractivity contribution is 0.226. The molecule has 0 radical (unpaired) electrons. The molecule has 1 N–H and O–H groups in total. The minimum absolute atomic E-state index is 0.202. The Labute approximate surface area is 150 Å². The van der Waals surface area contributed by atoms with Gasteiger partial charge in [-0.1, -0.05) is 23.7 Å². The first kappa shape index (κ1) is 15.5. The van der Waals surface area contributed by atoms with E-state index in [-0.39, 0.29) is 6.10 Å². The third-order valence-corrected chi connectivity index (χ3v) is 5.10. The maximum absolute atomic E-state index is 5.94. The van der Waals surface area contributed by atoms with Crippen LogP contribution in [0, 0.1) is 0 Å². The van der Waals surface area contributed by atoms with Gasteiger partial charge in [-0.15, -0.1) is 11.3 Å². The summed E-state index contributed by atoms with van der Waals surface area (Å²) in [5.74, 6) is 0.911. The number of rotatable bonds is 3. The lowest BCUT2D eigenvalue weighted by atomic mass is 10.1. The molecule has 1 aliphatic rings. The molecule has 2 aromatic carbocycles. The van der Waals surface area contributed by atoms with Crippen molar-refractivity contribution in [3.63, 3.8) is 0 Å². The quantitative estimate of drug-likeness (QED) is 0.696. The van der Waals surface area contributed by atoms with Gasteiger partial charge in [0.1, 0.15) is 11.9 Å². The van der Waals surface area contributed by atoms with E-state index in [1.807, 2.05) is 30.3 Å². The number of aromatic nitrogens is 1. The minimum Gasteiger partial charge on any atom is -0.487 e. The summed E-state index contributed by atoms with van der Waals surface area (Å²) >= 11 is 7.62. The highest BCUT2D eigenvalue weighted by atomic mass is 35.5. The molecule has 0 fully saturated rings. The largest absolute Gasteiger partial charge is 0.487 e. The van der Waals surface area contributed by atoms with Crippen LogP contribution in [0.1, 0.15) is 17.5 Å². The molecule has 0 saturated heterocycles. The van der Waals surface area contributed by atoms with Crippen LogP contribution in [-0.2, 0) is 6.42 Å². The van der Waals surface area contributed by atoms with Gasteiger partial charge in [0.25, 0.3) is 0 Å². The Morgan fingerprint density at radius 3 is 2.92 bits per heavy atom. The molecule has 2 heterocycles. The Hall–Kier alpha value is -2.04. The van der Waals surface area contributed by atoms with Crippen LogP contribution < -0.4 is 10.1 Å². The third kappa shape index (κ3) is 3.25. The van der Waals surface area contributed by atoms with Crippen molar-refractivity contribution in [3.8, 4) is 17.0 Å². The van der Waals surface area contributed by atoms with Gasteiger partial charge in [0, 0.05) is 22.4 Å². The molecule has 1 atom stereocenters. The highest BCUT2D eigenvalue weighted by Gasteiger charge is 2.16. The van der Waals surface area contributed by atoms with E-state index in [0.717, 1.165) is 45.7 Å². The number of thiazole rings is 1. The fourth-order valence-electron chi connectivity index (χ4n) is 2.74. The molecule has 24 heavy (non-hydrogen) atoms. The second-order valence-electron chi connectivity index (χ2n) is 5.95. The third-order valence-electron chi connectivity index (χ3n) is 4.00. The van der Waals surface area contributed by atoms with Gasteiger partial charge in [0.05, 0.1) is 22.9 Å². The van der Waals surface area contributed by atoms with Crippen molar-refractivity contribution in [2.45, 2.75) is 19.4 Å². The second-order valence-corrected chi connectivity index (χ2v) is 7.33. The number of hydrogen-bond acceptors (Lipinski definition) is 4. The fourth-order valence-corrected chi connectivity index (χ4v) is 3.71. The molecule has 0 bridgehead atoms. The number of anilines is 1. The summed E-state index contributed by atoms with van der Waals surface area (Å²) in [5.41, 5.74) is 4.37. The van der Waals surface area contributed by atoms with E-state index in [4.69, 9.17) is 21.3 Å². The van der Waals surface area contributed by atoms with E-state index in [9.17, 15) is 0 Å². The molecule has 0 amide bonds. The standard InChI is InChI=1S/C19H17ClN2OS/c1-12-10-21-16-9-14(4-7-18(16)23-12)17-11-24-19(22-17)8-13-2-5-15(20)6-3-13/h2-7,9,11-12,21H,8,10H2,1H3. The Balaban J connectivity index is 1.55. The molecule has 3 nitrogen and oxygen atoms in total. The molecule has 3 aromatic rings. The molecular weight excluding hydrogens is 340 g/mol. The monoisotopic (exact) mass is 356 g/mol. The van der Waals surface area contributed by atoms with Crippen LogP contribution in [0.2, 0.25) is 5.02 Å². The van der Waals surface area contributed by atoms with Gasteiger partial charge < -0.3 is 10.1 Å². The number of nitrogens with zero attached hydrogens (tertiary/aromatic N) is 1. The van der Waals surface area contributed by atoms with Crippen molar-refractivity contribution in [1.29, 1.82) is 0 Å². The average molecular weight is 357 g/mol. The predicted octanol–water partition coefficient (Wildman–Crippen LogP) is 5.25. The van der Waals surface area contributed by atoms with Gasteiger partial charge in [-0.25, -0.2) is 4.98 Å². The normalized spacial score (nSPS) is 16.2. The smallest absolute Gasteiger partial charge is 0.142 e. The van der Waals surface area contributed by atoms with Crippen LogP contribution in [0.15, 0.2) is 47.8 Å². The van der Waals surface area contributed by atoms with E-state index < -0.39 is 0 Å². The zero-order valence-corrected chi connectivity index (χ0v) is 14.8. The predicted molar refractivity (Wildman–Crippen MR) is 100 cm³/mol. The van der Waals surface area contributed by atoms with Gasteiger partial charge in [-0.3, -0.25) is 0 Å². The summed E-state index contributed by atoms with van der Waals surface area (Å²) in [6.45, 7) is 2.89. The van der Waals surface area contributed by atoms with Crippen molar-refractivity contribution in [2.75, 3.05) is 11.9 Å². The van der Waals surface area contributed by atoms with Crippen molar-refractivity contribution in [2.24, 2.45) is 0 Å². The molecule has 0 saturated carbocycles. The molecule has 122 valence electrons. The highest BCUT2D eigenvalue weighted by Crippen LogP contribution is 2.34. The second kappa shape index (κ2) is 6.46. The Bertz CT molecular complexity index is 860. The summed E-state index contributed by atoms with van der Waals surface area (Å²) in [6, 6.07) is 14.1. The van der Waals surface area contributed by atoms with Crippen LogP contribution >= 0.6 is 22.9 Å². The van der Waals surface area contributed by atoms with E-state index >= 15 is 0 Å². The number of fused-ring (bicyclic) bond motifs is 1. The highest BCUT2D eigenvalue weighted by molar-refractivity contribution is 7.10. The number of halogens is 1. The molecule has 0 aliphatic carbocycles. The summed E-state index contributed by atoms with van der Waals surface area (Å²) in [4.78, 5) is 4.78. The first-order chi connectivity index (χ1) is 11.7. The maximum Gasteiger partial charge on any atom is 0.142 e. The lowest BCUT2D eigenvalue weighted by Crippen LogP contribution is -2.27. The van der Waals surface area contributed by atoms with Gasteiger partial charge in [0.15, 0.2) is 0 Å². The van der Waals surface area contributed by atoms with Crippen LogP contribution in [0.3, 0.4) is 0 Å². The van der Waals surface area contributed by atoms with Crippen LogP contribution in [0.5, 0.6) is 5.75 Å². The number of nitrogens with one attached hydrogen (secondary N) is 1. The topological polar surface area (TPSA) is 34.2 Å². The first-order valence-corrected chi connectivity index (χ1v) is 9.17. The molecule has 4 rings (SSSR count). The molecule has 1 aromatic heterocycles. The average Bonchev–Trinajstić information content (AvgIpc) is 3.05. The lowest BCUT2D eigenvalue weighted by Gasteiger charge is -2.25. The van der Waals surface area contributed by atoms with E-state index in [2.05, 4.69) is 29.8 Å². The molecule has 1 aliphatic heterocycles. The van der Waals surface area contributed by atoms with Gasteiger partial charge in [-0.05, 0) is 42.8 Å². The Kier molecular flexibility index (Phi) is 4.17. The minimum atomic E-state index is 0.202. The number of hydrogen-bond donors (Lipinski definition) is 1. The summed E-state index contributed by atoms with van der Waals surface area (Å²) in [5, 5.41) is 7.38. The molecule has 1 unspecified atom stereocenters. The van der Waals surface area contributed by atoms with Gasteiger partial charge >= 0.3 is 0 Å². The molecule has 0 spiro atoms. The Morgan fingerprint density at radius 2 is 2.08 bits per heavy atom. The van der Waals surface area contributed by atoms with Crippen LogP contribution in [0.4, 0.5) is 5.69 Å². The summed E-state index contributed by atoms with van der Waals surface area (Å²) < 4.78 is 5.83. The SMILES string of the molecule is CC1CNc2cc(-c3csc(Cc4ccc(Cl)cc4)n3)ccc2O1. The summed E-state index contributed by atoms with van der Waals surface area (Å²) in [7, 11) is 0. The van der Waals surface area contributed by atoms with E-state index in [1.165, 1.54) is 5.56 Å². The molecule has 5 heteroatoms. The fraction of sp³-hybridized carbons (Fsp3) is 0.211. The van der Waals surface area contributed by atoms with Crippen LogP contribution in [0.25, 0.3) is 11.3 Å². The van der Waals surface area contributed by atoms with Gasteiger partial charge in [0.2, 0.25) is 0 Å². The molecular formula is C19H17ClN2OS. The van der Waals surface area contributed by atoms with Crippen molar-refractivity contribution in [3.05, 3.63) is 63.4 Å². The van der Waals surface area contributed by atoms with Crippen LogP contribution in [-0.4, -0.2) is 17.6 Å². The van der Waals surface area contributed by atoms with Crippen molar-refractivity contribution < 1.29 is 4.74 Å². The van der Waals surface area contributed by atoms with Crippen molar-refractivity contribution in [1.82, 2.24) is 4.98 Å². The van der Waals surface area contributed by atoms with E-state index in [1.54, 1.807) is 11.3 Å². The zero-order valence-electron chi connectivity index (χ0n) is 13.3. The zero-order chi connectivity index (χ0) is 16.5. The van der Waals surface area contributed by atoms with Crippen molar-refractivity contribution >= 4 is 28.6 Å². The number of benzene rings is 2. The summed E-state index contributed by atoms with van der Waals surface area (Å²) in [6.07, 6.45) is 1.03. The first-order valence-electron chi connectivity index (χ1n) is 7.91. The van der Waals surface area contributed by atoms with Gasteiger partial charge in [-0.2, -0.15) is 0 Å². The van der Waals surface area contributed by atoms with E-state index in [0.29, 0.717) is 0 Å². The maximum atomic E-state index is 5.94. The Morgan fingerprint density at radius 1 is 1.25 bits per heavy atom.